The summed E-state index contributed by atoms with van der Waals surface area (Å²) >= 11 is 12.3. The molecule has 0 radical (unpaired) electrons. The number of hydrogen-bond acceptors (Lipinski definition) is 30. The van der Waals surface area contributed by atoms with Gasteiger partial charge in [0, 0.05) is 18.2 Å². The van der Waals surface area contributed by atoms with Crippen molar-refractivity contribution in [2.24, 2.45) is 0 Å². The molecule has 0 fully saturated rings. The highest BCUT2D eigenvalue weighted by Crippen LogP contribution is 2.41. The standard InChI is InChI=1S/C23H27N3O5S.C21H24ClN3O4S.C21H24ClN3O3S.C21H24FN3O4S.C21H25N3O4S/c1-15-7-12-20(30-5)18(13-15)26-19(14-21(27)31-6)22(24-25-26)32(28,29)17-10-8-16(9-11-17)23(2,3)4;1-21(2,3)14-6-9-16(10-7-14)30(26,27)20-18(13-22)25(24-23-20)17-12-15(28-4)8-11-19(17)29-5;1-14-6-11-19(28-5)17(12-14)25-18(13-22)20(23-24-25)29(26,27)16-9-7-15(8-10-16)21(2,3)4;1-21(2,3)14-6-9-16(10-7-14)30(26,27)20-18(13-22)25(24-23-20)17-12-15(28-4)8-11-19(17)29-5;1-13-11-16(8-9-17(13)21(3,4)5)29(26,27)20-14(2)24(23-22-20)18-12-15(25)7-10-19(18)28-6/h7-13H,14H2,1-6H3;6-12H,13H2,1-5H3;6-12H,13H2,1-5H3;6-12H,13H2,1-5H3;7-12,25H,1-6H3. The predicted molar refractivity (Wildman–Crippen MR) is 566 cm³/mol. The average molecular weight is 2190 g/mol. The van der Waals surface area contributed by atoms with Crippen LogP contribution in [-0.2, 0) is 111 Å². The number of carbonyl (C=O) groups excluding carboxylic acids is 1. The van der Waals surface area contributed by atoms with Crippen molar-refractivity contribution >= 4 is 78.4 Å². The number of nitrogens with zero attached hydrogens (tertiary/aromatic N) is 15. The molecule has 0 atom stereocenters. The summed E-state index contributed by atoms with van der Waals surface area (Å²) in [6, 6.07) is 57.3. The summed E-state index contributed by atoms with van der Waals surface area (Å²) in [5, 5.41) is 48.4. The van der Waals surface area contributed by atoms with Gasteiger partial charge in [-0.25, -0.2) is 69.9 Å². The molecule has 10 aromatic carbocycles. The van der Waals surface area contributed by atoms with E-state index in [1.807, 2.05) is 111 Å². The highest BCUT2D eigenvalue weighted by atomic mass is 35.5. The molecule has 0 bridgehead atoms. The minimum Gasteiger partial charge on any atom is -0.508 e. The Bertz CT molecular complexity index is 7840. The van der Waals surface area contributed by atoms with Crippen LogP contribution >= 0.6 is 23.2 Å². The van der Waals surface area contributed by atoms with Gasteiger partial charge >= 0.3 is 5.97 Å². The first-order valence-electron chi connectivity index (χ1n) is 46.7. The Morgan fingerprint density at radius 2 is 0.587 bits per heavy atom. The van der Waals surface area contributed by atoms with Crippen molar-refractivity contribution in [2.75, 3.05) is 56.9 Å². The molecule has 0 saturated heterocycles. The van der Waals surface area contributed by atoms with Gasteiger partial charge in [0.05, 0.1) is 122 Å². The third-order valence-electron chi connectivity index (χ3n) is 24.1. The van der Waals surface area contributed by atoms with Gasteiger partial charge in [0.25, 0.3) is 0 Å². The van der Waals surface area contributed by atoms with E-state index in [1.165, 1.54) is 92.8 Å². The fourth-order valence-electron chi connectivity index (χ4n) is 15.7. The van der Waals surface area contributed by atoms with Crippen molar-refractivity contribution in [3.05, 3.63) is 279 Å². The fraction of sp³-hybridized carbons (Fsp3) is 0.336. The third kappa shape index (κ3) is 25.5. The summed E-state index contributed by atoms with van der Waals surface area (Å²) in [6.45, 7) is 37.2. The molecule has 0 aliphatic heterocycles. The van der Waals surface area contributed by atoms with Crippen LogP contribution in [-0.4, -0.2) is 185 Å². The molecular weight excluding hydrogens is 2070 g/mol. The normalized spacial score (nSPS) is 12.1. The maximum Gasteiger partial charge on any atom is 0.311 e. The monoisotopic (exact) mass is 2190 g/mol. The van der Waals surface area contributed by atoms with Crippen LogP contribution < -0.4 is 33.2 Å². The van der Waals surface area contributed by atoms with Gasteiger partial charge < -0.3 is 43.0 Å². The highest BCUT2D eigenvalue weighted by molar-refractivity contribution is 7.92. The van der Waals surface area contributed by atoms with E-state index >= 15 is 0 Å². The maximum absolute atomic E-state index is 14.0. The molecule has 0 spiro atoms. The number of esters is 1. The lowest BCUT2D eigenvalue weighted by molar-refractivity contribution is -0.139. The summed E-state index contributed by atoms with van der Waals surface area (Å²) in [4.78, 5) is 12.7. The van der Waals surface area contributed by atoms with Gasteiger partial charge in [0.2, 0.25) is 74.3 Å². The number of ether oxygens (including phenoxy) is 8. The number of phenols is 1. The van der Waals surface area contributed by atoms with Gasteiger partial charge in [-0.1, -0.05) is 197 Å². The summed E-state index contributed by atoms with van der Waals surface area (Å²) in [5.74, 6) is 2.55. The van der Waals surface area contributed by atoms with Crippen molar-refractivity contribution in [3.63, 3.8) is 0 Å². The van der Waals surface area contributed by atoms with Crippen LogP contribution in [0.15, 0.2) is 256 Å². The molecule has 35 nitrogen and oxygen atoms in total. The largest absolute Gasteiger partial charge is 0.508 e. The Hall–Kier alpha value is -14.0. The lowest BCUT2D eigenvalue weighted by Crippen LogP contribution is -2.15. The van der Waals surface area contributed by atoms with Crippen LogP contribution in [0.1, 0.15) is 177 Å². The Labute approximate surface area is 884 Å². The van der Waals surface area contributed by atoms with Crippen molar-refractivity contribution in [2.45, 2.75) is 233 Å². The van der Waals surface area contributed by atoms with Gasteiger partial charge in [0.15, 0.2) is 0 Å². The van der Waals surface area contributed by atoms with Crippen molar-refractivity contribution in [3.8, 4) is 74.4 Å². The predicted octanol–water partition coefficient (Wildman–Crippen LogP) is 19.7. The molecule has 43 heteroatoms. The van der Waals surface area contributed by atoms with Gasteiger partial charge in [0.1, 0.15) is 86.8 Å². The molecule has 0 aliphatic rings. The maximum atomic E-state index is 14.0. The number of rotatable bonds is 27. The summed E-state index contributed by atoms with van der Waals surface area (Å²) in [7, 11) is -8.04. The Morgan fingerprint density at radius 3 is 0.887 bits per heavy atom. The first-order chi connectivity index (χ1) is 70.3. The zero-order chi connectivity index (χ0) is 111. The molecule has 5 heterocycles. The molecule has 0 aliphatic carbocycles. The molecule has 0 unspecified atom stereocenters. The number of hydrogen-bond donors (Lipinski definition) is 1. The van der Waals surface area contributed by atoms with E-state index in [9.17, 15) is 56.4 Å². The zero-order valence-electron chi connectivity index (χ0n) is 88.5. The first-order valence-corrected chi connectivity index (χ1v) is 55.2. The van der Waals surface area contributed by atoms with Gasteiger partial charge in [-0.05, 0) is 221 Å². The summed E-state index contributed by atoms with van der Waals surface area (Å²) in [5.41, 5.74) is 10.4. The van der Waals surface area contributed by atoms with E-state index in [0.29, 0.717) is 74.4 Å². The van der Waals surface area contributed by atoms with Crippen LogP contribution in [0.3, 0.4) is 0 Å². The Morgan fingerprint density at radius 1 is 0.313 bits per heavy atom. The number of benzene rings is 10. The van der Waals surface area contributed by atoms with Gasteiger partial charge in [-0.3, -0.25) is 4.79 Å². The minimum atomic E-state index is -4.07. The lowest BCUT2D eigenvalue weighted by Gasteiger charge is -2.22. The number of aryl methyl sites for hydroxylation is 3. The number of alkyl halides is 3. The number of aromatic nitrogens is 15. The molecule has 1 N–H and O–H groups in total. The van der Waals surface area contributed by atoms with Gasteiger partial charge in [-0.15, -0.1) is 48.7 Å². The second kappa shape index (κ2) is 46.6. The Balaban J connectivity index is 0.000000178. The van der Waals surface area contributed by atoms with Gasteiger partial charge in [-0.2, -0.15) is 0 Å². The summed E-state index contributed by atoms with van der Waals surface area (Å²) in [6.07, 6.45) is -0.324. The number of halogens is 3. The van der Waals surface area contributed by atoms with Crippen molar-refractivity contribution in [1.82, 2.24) is 75.0 Å². The smallest absolute Gasteiger partial charge is 0.311 e. The van der Waals surface area contributed by atoms with Crippen LogP contribution in [0.4, 0.5) is 4.39 Å². The number of carbonyl (C=O) groups is 1. The number of aromatic hydroxyl groups is 1. The van der Waals surface area contributed by atoms with E-state index in [4.69, 9.17) is 61.1 Å². The third-order valence-corrected chi connectivity index (χ3v) is 33.3. The topological polar surface area (TPSA) is 435 Å². The molecule has 0 amide bonds. The average Bonchev–Trinajstić information content (AvgIpc) is 1.62. The number of methoxy groups -OCH3 is 8. The van der Waals surface area contributed by atoms with Crippen LogP contribution in [0.2, 0.25) is 0 Å². The summed E-state index contributed by atoms with van der Waals surface area (Å²) < 4.78 is 195. The van der Waals surface area contributed by atoms with E-state index < -0.39 is 66.9 Å². The zero-order valence-corrected chi connectivity index (χ0v) is 94.1. The van der Waals surface area contributed by atoms with Crippen molar-refractivity contribution in [1.29, 1.82) is 0 Å². The minimum absolute atomic E-state index is 0.00787. The first kappa shape index (κ1) is 116. The molecule has 15 aromatic rings. The molecule has 798 valence electrons. The fourth-order valence-corrected chi connectivity index (χ4v) is 23.1. The quantitative estimate of drug-likeness (QED) is 0.0369. The van der Waals surface area contributed by atoms with E-state index in [2.05, 4.69) is 114 Å². The molecule has 5 aromatic heterocycles. The lowest BCUT2D eigenvalue weighted by atomic mass is 9.84. The van der Waals surface area contributed by atoms with Crippen molar-refractivity contribution < 1.29 is 94.3 Å². The highest BCUT2D eigenvalue weighted by Gasteiger charge is 2.37. The van der Waals surface area contributed by atoms with Crippen LogP contribution in [0.5, 0.6) is 46.0 Å². The van der Waals surface area contributed by atoms with Crippen LogP contribution in [0, 0.1) is 27.7 Å². The number of sulfone groups is 5. The molecule has 15 rings (SSSR count). The number of phenolic OH excluding ortho intramolecular Hbond substituents is 1. The Kier molecular flexibility index (Phi) is 36.2. The molecule has 0 saturated carbocycles. The van der Waals surface area contributed by atoms with Crippen LogP contribution in [0.25, 0.3) is 28.4 Å². The van der Waals surface area contributed by atoms with E-state index in [1.54, 1.807) is 147 Å². The SMILES string of the molecule is COC(=O)Cc1c(S(=O)(=O)c2ccc(C(C)(C)C)cc2)nnn1-c1cc(C)ccc1OC.COc1ccc(C)cc1-n1nnc(S(=O)(=O)c2ccc(C(C)(C)C)cc2)c1CCl.COc1ccc(O)cc1-n1nnc(S(=O)(=O)c2ccc(C(C)(C)C)c(C)c2)c1C.COc1ccc(OC)c(-n2nnc(S(=O)(=O)c3ccc(C(C)(C)C)cc3)c2CCl)c1.COc1ccc(OC)c(-n2nnc(S(=O)(=O)c3ccc(C(C)(C)C)cc3)c2CF)c1. The van der Waals surface area contributed by atoms with E-state index in [0.717, 1.165) is 49.2 Å². The molecular formula is C107H124Cl2FN15O20S5. The second-order valence-corrected chi connectivity index (χ2v) is 49.5. The second-order valence-electron chi connectivity index (χ2n) is 39.7. The molecule has 150 heavy (non-hydrogen) atoms. The van der Waals surface area contributed by atoms with E-state index in [-0.39, 0.29) is 118 Å².